The highest BCUT2D eigenvalue weighted by Gasteiger charge is 2.17. The molecular weight excluding hydrogens is 1640 g/mol. The fourth-order valence-corrected chi connectivity index (χ4v) is 12.2. The molecule has 0 aliphatic carbocycles. The van der Waals surface area contributed by atoms with Crippen molar-refractivity contribution >= 4 is 126 Å². The summed E-state index contributed by atoms with van der Waals surface area (Å²) in [6, 6.07) is 74.9. The van der Waals surface area contributed by atoms with E-state index in [1.165, 1.54) is 6.07 Å². The third-order valence-electron chi connectivity index (χ3n) is 17.2. The molecule has 10 aromatic carbocycles. The summed E-state index contributed by atoms with van der Waals surface area (Å²) in [4.78, 5) is 103. The van der Waals surface area contributed by atoms with Crippen molar-refractivity contribution in [2.24, 2.45) is 0 Å². The second kappa shape index (κ2) is 41.1. The summed E-state index contributed by atoms with van der Waals surface area (Å²) in [5, 5.41) is 16.2. The molecule has 0 spiro atoms. The standard InChI is InChI=1S/C19H16ClN3O.C18H14BrN3O.C18H13Cl2N3O.C18H14ClN3O.C18H15FN4O/c1-12-11-15(5-8-17(12)20)19(24)23-16-6-3-14(4-7-16)18-9-10-21-13(2)22-18;1-12-20-11-10-17(21-12)13-4-8-16(9-5-13)22-18(23)14-2-6-15(19)7-3-14;1-11-21-7-6-17(22-11)12-2-4-16(5-3-12)23-18(24)13-8-14(19)10-15(20)9-13;1-12-20-11-10-17(21-12)13-4-8-16(9-5-13)22-18(23)14-2-6-15(19)7-3-14;1-11-3-2-4-14(16(11)19)17(24)22-13-7-5-12(6-8-13)15-9-10-21-18(20)23-15/h3-11H,1-2H3,(H,23,24);2-11H,1H3,(H,22,23);2-10H,1H3,(H,23,24);2-11H,1H3,(H,22,23);2-10H,1H3,(H,22,24)(H2,20,21,23). The van der Waals surface area contributed by atoms with E-state index in [1.807, 2.05) is 168 Å². The van der Waals surface area contributed by atoms with E-state index >= 15 is 0 Å². The van der Waals surface area contributed by atoms with Crippen LogP contribution in [0.5, 0.6) is 0 Å². The zero-order chi connectivity index (χ0) is 83.8. The van der Waals surface area contributed by atoms with Crippen LogP contribution in [-0.2, 0) is 0 Å². The number of hydrogen-bond acceptors (Lipinski definition) is 16. The predicted octanol–water partition coefficient (Wildman–Crippen LogP) is 21.9. The van der Waals surface area contributed by atoms with Gasteiger partial charge in [-0.3, -0.25) is 24.0 Å². The summed E-state index contributed by atoms with van der Waals surface area (Å²) in [5.74, 6) is 1.34. The van der Waals surface area contributed by atoms with E-state index in [4.69, 9.17) is 52.1 Å². The topological polar surface area (TPSA) is 300 Å². The number of carbonyl (C=O) groups is 5. The van der Waals surface area contributed by atoms with Crippen LogP contribution in [0, 0.1) is 47.4 Å². The van der Waals surface area contributed by atoms with Crippen molar-refractivity contribution in [2.45, 2.75) is 41.5 Å². The second-order valence-corrected chi connectivity index (χ2v) is 28.6. The van der Waals surface area contributed by atoms with E-state index in [-0.39, 0.29) is 35.1 Å². The highest BCUT2D eigenvalue weighted by molar-refractivity contribution is 9.10. The number of hydrogen-bond donors (Lipinski definition) is 6. The van der Waals surface area contributed by atoms with E-state index < -0.39 is 11.7 Å². The lowest BCUT2D eigenvalue weighted by molar-refractivity contribution is 0.101. The molecule has 0 radical (unpaired) electrons. The van der Waals surface area contributed by atoms with Crippen LogP contribution in [0.2, 0.25) is 20.1 Å². The summed E-state index contributed by atoms with van der Waals surface area (Å²) in [6.07, 6.45) is 8.50. The monoisotopic (exact) mass is 1710 g/mol. The zero-order valence-corrected chi connectivity index (χ0v) is 68.6. The maximum Gasteiger partial charge on any atom is 0.258 e. The first-order valence-electron chi connectivity index (χ1n) is 36.2. The van der Waals surface area contributed by atoms with Gasteiger partial charge < -0.3 is 32.3 Å². The van der Waals surface area contributed by atoms with Crippen molar-refractivity contribution in [2.75, 3.05) is 32.3 Å². The Kier molecular flexibility index (Phi) is 29.6. The Morgan fingerprint density at radius 1 is 0.314 bits per heavy atom. The number of nitrogens with zero attached hydrogens (tertiary/aromatic N) is 10. The number of halogens is 6. The van der Waals surface area contributed by atoms with Gasteiger partial charge in [0.1, 0.15) is 29.1 Å². The van der Waals surface area contributed by atoms with Crippen LogP contribution in [0.3, 0.4) is 0 Å². The number of anilines is 6. The molecule has 0 saturated carbocycles. The maximum atomic E-state index is 14.0. The Balaban J connectivity index is 0.000000145. The molecule has 0 saturated heterocycles. The Hall–Kier alpha value is -13.7. The molecule has 5 aromatic heterocycles. The molecule has 21 nitrogen and oxygen atoms in total. The average molecular weight is 1710 g/mol. The summed E-state index contributed by atoms with van der Waals surface area (Å²) in [6.45, 7) is 10.9. The normalized spacial score (nSPS) is 10.4. The van der Waals surface area contributed by atoms with Crippen LogP contribution in [0.1, 0.15) is 86.2 Å². The van der Waals surface area contributed by atoms with Crippen molar-refractivity contribution < 1.29 is 28.4 Å². The smallest absolute Gasteiger partial charge is 0.258 e. The molecule has 0 atom stereocenters. The number of nitrogens with one attached hydrogen (secondary N) is 5. The summed E-state index contributed by atoms with van der Waals surface area (Å²) in [5.41, 5.74) is 21.3. The van der Waals surface area contributed by atoms with Crippen molar-refractivity contribution in [3.05, 3.63) is 378 Å². The van der Waals surface area contributed by atoms with Crippen LogP contribution in [-0.4, -0.2) is 79.4 Å². The lowest BCUT2D eigenvalue weighted by Gasteiger charge is -2.08. The molecule has 0 aliphatic heterocycles. The molecule has 588 valence electrons. The molecule has 5 amide bonds. The van der Waals surface area contributed by atoms with Crippen molar-refractivity contribution in [1.29, 1.82) is 0 Å². The van der Waals surface area contributed by atoms with Crippen molar-refractivity contribution in [3.8, 4) is 56.3 Å². The fourth-order valence-electron chi connectivity index (χ4n) is 11.1. The number of carbonyl (C=O) groups excluding carboxylic acids is 5. The molecule has 15 rings (SSSR count). The van der Waals surface area contributed by atoms with Crippen LogP contribution in [0.25, 0.3) is 56.3 Å². The number of rotatable bonds is 15. The lowest BCUT2D eigenvalue weighted by Crippen LogP contribution is -2.14. The van der Waals surface area contributed by atoms with Gasteiger partial charge in [0.25, 0.3) is 29.5 Å². The van der Waals surface area contributed by atoms with Crippen molar-refractivity contribution in [1.82, 2.24) is 49.8 Å². The number of aryl methyl sites for hydroxylation is 6. The van der Waals surface area contributed by atoms with E-state index in [9.17, 15) is 28.4 Å². The molecule has 0 unspecified atom stereocenters. The molecular formula is C91H72BrCl4FN16O5. The first-order valence-corrected chi connectivity index (χ1v) is 38.5. The minimum absolute atomic E-state index is 0.0163. The van der Waals surface area contributed by atoms with Gasteiger partial charge >= 0.3 is 0 Å². The third-order valence-corrected chi connectivity index (χ3v) is 18.8. The molecule has 7 N–H and O–H groups in total. The Labute approximate surface area is 708 Å². The predicted molar refractivity (Wildman–Crippen MR) is 470 cm³/mol. The number of nitrogens with two attached hydrogens (primary N) is 1. The second-order valence-electron chi connectivity index (χ2n) is 26.0. The molecule has 27 heteroatoms. The third kappa shape index (κ3) is 24.9. The summed E-state index contributed by atoms with van der Waals surface area (Å²) in [7, 11) is 0. The van der Waals surface area contributed by atoms with Crippen molar-refractivity contribution in [3.63, 3.8) is 0 Å². The number of benzene rings is 10. The SMILES string of the molecule is Cc1cccc(C(=O)Nc2ccc(-c3ccnc(N)n3)cc2)c1F.Cc1nccc(-c2ccc(NC(=O)c3cc(Cl)cc(Cl)c3)cc2)n1.Cc1nccc(-c2ccc(NC(=O)c3ccc(Br)cc3)cc2)n1.Cc1nccc(-c2ccc(NC(=O)c3ccc(Cl)c(C)c3)cc2)n1.Cc1nccc(-c2ccc(NC(=O)c3ccc(Cl)cc3)cc2)n1. The average Bonchev–Trinajstić information content (AvgIpc) is 0.852. The molecule has 15 aromatic rings. The highest BCUT2D eigenvalue weighted by Crippen LogP contribution is 2.28. The van der Waals surface area contributed by atoms with E-state index in [1.54, 1.807) is 153 Å². The first-order chi connectivity index (χ1) is 56.8. The van der Waals surface area contributed by atoms with Crippen LogP contribution < -0.4 is 32.3 Å². The minimum atomic E-state index is -0.511. The summed E-state index contributed by atoms with van der Waals surface area (Å²) >= 11 is 27.0. The largest absolute Gasteiger partial charge is 0.368 e. The number of aromatic nitrogens is 10. The van der Waals surface area contributed by atoms with Gasteiger partial charge in [-0.15, -0.1) is 0 Å². The molecule has 0 aliphatic rings. The zero-order valence-electron chi connectivity index (χ0n) is 64.0. The van der Waals surface area contributed by atoms with E-state index in [0.717, 1.165) is 95.2 Å². The summed E-state index contributed by atoms with van der Waals surface area (Å²) < 4.78 is 14.9. The highest BCUT2D eigenvalue weighted by atomic mass is 79.9. The minimum Gasteiger partial charge on any atom is -0.368 e. The van der Waals surface area contributed by atoms with Gasteiger partial charge in [0.05, 0.1) is 34.0 Å². The molecule has 5 heterocycles. The Bertz CT molecular complexity index is 5900. The molecule has 118 heavy (non-hydrogen) atoms. The molecule has 0 fully saturated rings. The van der Waals surface area contributed by atoms with Gasteiger partial charge in [0.15, 0.2) is 0 Å². The first kappa shape index (κ1) is 85.2. The van der Waals surface area contributed by atoms with Gasteiger partial charge in [-0.2, -0.15) is 0 Å². The lowest BCUT2D eigenvalue weighted by atomic mass is 10.1. The van der Waals surface area contributed by atoms with Crippen LogP contribution in [0.15, 0.2) is 290 Å². The van der Waals surface area contributed by atoms with Gasteiger partial charge in [-0.25, -0.2) is 54.2 Å². The van der Waals surface area contributed by atoms with Gasteiger partial charge in [0.2, 0.25) is 5.95 Å². The van der Waals surface area contributed by atoms with Gasteiger partial charge in [-0.1, -0.05) is 135 Å². The quantitative estimate of drug-likeness (QED) is 0.0556. The van der Waals surface area contributed by atoms with Crippen LogP contribution in [0.4, 0.5) is 38.8 Å². The number of nitrogen functional groups attached to an aromatic ring is 1. The molecule has 0 bridgehead atoms. The Morgan fingerprint density at radius 3 is 0.975 bits per heavy atom. The van der Waals surface area contributed by atoms with Crippen LogP contribution >= 0.6 is 62.3 Å². The maximum absolute atomic E-state index is 14.0. The van der Waals surface area contributed by atoms with Gasteiger partial charge in [-0.05, 0) is 235 Å². The van der Waals surface area contributed by atoms with E-state index in [2.05, 4.69) is 92.4 Å². The van der Waals surface area contributed by atoms with E-state index in [0.29, 0.717) is 70.8 Å². The Morgan fingerprint density at radius 2 is 0.627 bits per heavy atom. The fraction of sp³-hybridized carbons (Fsp3) is 0.0659. The van der Waals surface area contributed by atoms with Gasteiger partial charge in [0, 0.05) is 134 Å². The number of amides is 5.